The molecule has 2 aromatic heterocycles. The predicted molar refractivity (Wildman–Crippen MR) is 99.4 cm³/mol. The Morgan fingerprint density at radius 3 is 1.81 bits per heavy atom. The van der Waals surface area contributed by atoms with Crippen LogP contribution in [0.1, 0.15) is 6.92 Å². The normalized spacial score (nSPS) is 10.2. The van der Waals surface area contributed by atoms with E-state index in [9.17, 15) is 9.59 Å². The van der Waals surface area contributed by atoms with Crippen LogP contribution in [0.4, 0.5) is 0 Å². The van der Waals surface area contributed by atoms with E-state index in [1.807, 2.05) is 12.1 Å². The number of esters is 2. The smallest absolute Gasteiger partial charge is 0.0964 e. The SMILES string of the molecule is COC(=O)[C-]=C(C)C(=O)OC.[Cl][Pd+].c1cnc2c(c1)ccc1cccnc12. The zero-order valence-electron chi connectivity index (χ0n) is 14.8. The van der Waals surface area contributed by atoms with Crippen LogP contribution in [0.3, 0.4) is 0 Å². The molecule has 0 unspecified atom stereocenters. The monoisotopic (exact) mass is 478 g/mol. The van der Waals surface area contributed by atoms with Crippen molar-refractivity contribution in [2.75, 3.05) is 14.2 Å². The van der Waals surface area contributed by atoms with Crippen LogP contribution in [-0.4, -0.2) is 36.1 Å². The standard InChI is InChI=1S/C12H8N2.C7H9O4.ClH.Pd/c1-3-9-5-6-10-4-2-8-14-12(10)11(9)13-7-1;1-5(7(9)11-3)4-6(8)10-2;;/h1-8H;1-3H3;1H;/q;-1;;+2/p-1. The van der Waals surface area contributed by atoms with Crippen LogP contribution in [0.15, 0.2) is 54.4 Å². The summed E-state index contributed by atoms with van der Waals surface area (Å²) in [5.74, 6) is -1.27. The van der Waals surface area contributed by atoms with Crippen molar-refractivity contribution >= 4 is 43.3 Å². The molecule has 0 spiro atoms. The van der Waals surface area contributed by atoms with E-state index in [2.05, 4.69) is 77.5 Å². The molecule has 1 aromatic carbocycles. The molecule has 0 bridgehead atoms. The third kappa shape index (κ3) is 6.72. The number of aromatic nitrogens is 2. The molecule has 2 heterocycles. The number of carbonyl (C=O) groups excluding carboxylic acids is 2. The third-order valence-electron chi connectivity index (χ3n) is 3.31. The molecule has 0 fully saturated rings. The van der Waals surface area contributed by atoms with E-state index in [4.69, 9.17) is 0 Å². The summed E-state index contributed by atoms with van der Waals surface area (Å²) in [4.78, 5) is 29.8. The molecule has 0 saturated heterocycles. The number of ether oxygens (including phenoxy) is 2. The van der Waals surface area contributed by atoms with Gasteiger partial charge in [0.15, 0.2) is 5.97 Å². The number of fused-ring (bicyclic) bond motifs is 3. The first kappa shape index (κ1) is 22.7. The Morgan fingerprint density at radius 1 is 0.926 bits per heavy atom. The van der Waals surface area contributed by atoms with Crippen molar-refractivity contribution in [1.29, 1.82) is 0 Å². The molecule has 8 heteroatoms. The molecule has 0 amide bonds. The Morgan fingerprint density at radius 2 is 1.41 bits per heavy atom. The molecule has 3 rings (SSSR count). The Bertz CT molecular complexity index is 892. The third-order valence-corrected chi connectivity index (χ3v) is 3.31. The van der Waals surface area contributed by atoms with E-state index in [1.165, 1.54) is 21.1 Å². The van der Waals surface area contributed by atoms with Crippen molar-refractivity contribution in [1.82, 2.24) is 9.97 Å². The fourth-order valence-electron chi connectivity index (χ4n) is 2.09. The van der Waals surface area contributed by atoms with Crippen LogP contribution in [-0.2, 0) is 37.2 Å². The molecule has 0 aliphatic carbocycles. The maximum atomic E-state index is 10.6. The summed E-state index contributed by atoms with van der Waals surface area (Å²) in [5, 5.41) is 2.28. The Hall–Kier alpha value is -2.33. The Balaban J connectivity index is 0.000000256. The zero-order chi connectivity index (χ0) is 20.2. The number of hydrogen-bond donors (Lipinski definition) is 0. The summed E-state index contributed by atoms with van der Waals surface area (Å²) < 4.78 is 8.55. The molecule has 0 radical (unpaired) electrons. The largest absolute Gasteiger partial charge is 0.254 e. The maximum absolute atomic E-state index is 10.6. The van der Waals surface area contributed by atoms with Gasteiger partial charge in [0.05, 0.1) is 25.3 Å². The molecule has 0 atom stereocenters. The summed E-state index contributed by atoms with van der Waals surface area (Å²) in [6.07, 6.45) is 5.77. The van der Waals surface area contributed by atoms with Gasteiger partial charge in [-0.2, -0.15) is 6.08 Å². The van der Waals surface area contributed by atoms with E-state index in [1.54, 1.807) is 12.4 Å². The van der Waals surface area contributed by atoms with Crippen molar-refractivity contribution in [3.05, 3.63) is 60.4 Å². The van der Waals surface area contributed by atoms with E-state index in [0.717, 1.165) is 21.8 Å². The molecule has 0 aliphatic heterocycles. The van der Waals surface area contributed by atoms with Gasteiger partial charge in [0.25, 0.3) is 0 Å². The summed E-state index contributed by atoms with van der Waals surface area (Å²) in [5.41, 5.74) is 2.05. The first-order valence-corrected chi connectivity index (χ1v) is 9.54. The van der Waals surface area contributed by atoms with Crippen molar-refractivity contribution in [3.8, 4) is 0 Å². The van der Waals surface area contributed by atoms with E-state index < -0.39 is 11.9 Å². The molecule has 3 aromatic rings. The summed E-state index contributed by atoms with van der Waals surface area (Å²) in [6.45, 7) is 1.42. The number of hydrogen-bond acceptors (Lipinski definition) is 6. The molecule has 0 saturated carbocycles. The molecule has 27 heavy (non-hydrogen) atoms. The maximum Gasteiger partial charge on any atom is 0.0964 e. The minimum absolute atomic E-state index is 0.0966. The van der Waals surface area contributed by atoms with Gasteiger partial charge in [0.2, 0.25) is 5.97 Å². The van der Waals surface area contributed by atoms with Crippen molar-refractivity contribution in [3.63, 3.8) is 0 Å². The van der Waals surface area contributed by atoms with Crippen molar-refractivity contribution in [2.45, 2.75) is 6.92 Å². The van der Waals surface area contributed by atoms with E-state index in [0.29, 0.717) is 0 Å². The van der Waals surface area contributed by atoms with Crippen LogP contribution >= 0.6 is 9.53 Å². The van der Waals surface area contributed by atoms with E-state index in [-0.39, 0.29) is 5.57 Å². The molecule has 144 valence electrons. The number of nitrogens with zero attached hydrogens (tertiary/aromatic N) is 2. The van der Waals surface area contributed by atoms with Gasteiger partial charge < -0.3 is 14.3 Å². The second-order valence-corrected chi connectivity index (χ2v) is 4.95. The van der Waals surface area contributed by atoms with Gasteiger partial charge in [-0.15, -0.1) is 5.57 Å². The predicted octanol–water partition coefficient (Wildman–Crippen LogP) is 3.55. The van der Waals surface area contributed by atoms with Crippen molar-refractivity contribution in [2.24, 2.45) is 0 Å². The molecule has 0 N–H and O–H groups in total. The summed E-state index contributed by atoms with van der Waals surface area (Å²) in [6, 6.07) is 12.1. The molecular formula is C19H17ClN2O4Pd. The van der Waals surface area contributed by atoms with Gasteiger partial charge in [0, 0.05) is 23.2 Å². The number of pyridine rings is 2. The summed E-state index contributed by atoms with van der Waals surface area (Å²) >= 11 is 2.22. The van der Waals surface area contributed by atoms with Crippen LogP contribution in [0.25, 0.3) is 21.8 Å². The average molecular weight is 479 g/mol. The van der Waals surface area contributed by atoms with Gasteiger partial charge in [-0.05, 0) is 12.1 Å². The summed E-state index contributed by atoms with van der Waals surface area (Å²) in [7, 11) is 6.92. The van der Waals surface area contributed by atoms with Gasteiger partial charge in [-0.1, -0.05) is 31.2 Å². The van der Waals surface area contributed by atoms with Gasteiger partial charge in [-0.3, -0.25) is 14.8 Å². The molecule has 0 aliphatic rings. The quantitative estimate of drug-likeness (QED) is 0.184. The number of benzene rings is 1. The average Bonchev–Trinajstić information content (AvgIpc) is 2.74. The molecular weight excluding hydrogens is 462 g/mol. The van der Waals surface area contributed by atoms with Crippen molar-refractivity contribution < 1.29 is 37.2 Å². The van der Waals surface area contributed by atoms with Crippen LogP contribution < -0.4 is 0 Å². The minimum atomic E-state index is -0.687. The number of methoxy groups -OCH3 is 2. The zero-order valence-corrected chi connectivity index (χ0v) is 17.2. The second kappa shape index (κ2) is 12.1. The van der Waals surface area contributed by atoms with Gasteiger partial charge in [-0.25, -0.2) is 0 Å². The first-order chi connectivity index (χ1) is 13.1. The van der Waals surface area contributed by atoms with Gasteiger partial charge in [0.1, 0.15) is 0 Å². The minimum Gasteiger partial charge on any atom is -0.254 e. The van der Waals surface area contributed by atoms with Crippen LogP contribution in [0.5, 0.6) is 0 Å². The number of carbonyl (C=O) groups is 2. The molecule has 6 nitrogen and oxygen atoms in total. The van der Waals surface area contributed by atoms with E-state index >= 15 is 0 Å². The Labute approximate surface area is 171 Å². The van der Waals surface area contributed by atoms with Crippen LogP contribution in [0.2, 0.25) is 0 Å². The first-order valence-electron chi connectivity index (χ1n) is 7.54. The number of halogens is 1. The fraction of sp³-hybridized carbons (Fsp3) is 0.158. The fourth-order valence-corrected chi connectivity index (χ4v) is 2.09. The Kier molecular flexibility index (Phi) is 10.2. The van der Waals surface area contributed by atoms with Gasteiger partial charge >= 0.3 is 27.7 Å². The second-order valence-electron chi connectivity index (χ2n) is 4.95. The topological polar surface area (TPSA) is 78.4 Å². The number of rotatable bonds is 2. The van der Waals surface area contributed by atoms with Crippen LogP contribution in [0, 0.1) is 6.08 Å².